The number of ether oxygens (including phenoxy) is 5. The van der Waals surface area contributed by atoms with Crippen LogP contribution in [0.1, 0.15) is 70.8 Å². The molecule has 1 aliphatic carbocycles. The van der Waals surface area contributed by atoms with Crippen LogP contribution in [0.15, 0.2) is 42.1 Å². The van der Waals surface area contributed by atoms with E-state index in [2.05, 4.69) is 28.1 Å². The van der Waals surface area contributed by atoms with E-state index in [9.17, 15) is 19.5 Å². The molecular formula is C39H58N3O9+. The van der Waals surface area contributed by atoms with Crippen LogP contribution in [0.2, 0.25) is 0 Å². The lowest BCUT2D eigenvalue weighted by molar-refractivity contribution is -0.941. The number of aromatic amines is 1. The second kappa shape index (κ2) is 15.5. The van der Waals surface area contributed by atoms with Gasteiger partial charge in [0.15, 0.2) is 6.10 Å². The molecule has 2 N–H and O–H groups in total. The number of rotatable bonds is 12. The van der Waals surface area contributed by atoms with Gasteiger partial charge in [0.2, 0.25) is 0 Å². The van der Waals surface area contributed by atoms with Gasteiger partial charge in [0, 0.05) is 63.0 Å². The van der Waals surface area contributed by atoms with Crippen LogP contribution in [0.3, 0.4) is 0 Å². The molecule has 12 heteroatoms. The average Bonchev–Trinajstić information content (AvgIpc) is 3.77. The number of carbonyl (C=O) groups is 3. The van der Waals surface area contributed by atoms with Gasteiger partial charge in [-0.1, -0.05) is 32.1 Å². The third-order valence-electron chi connectivity index (χ3n) is 12.6. The average molecular weight is 713 g/mol. The van der Waals surface area contributed by atoms with Gasteiger partial charge in [0.25, 0.3) is 0 Å². The first kappa shape index (κ1) is 37.7. The van der Waals surface area contributed by atoms with E-state index in [-0.39, 0.29) is 23.7 Å². The number of hydrogen-bond acceptors (Lipinski definition) is 10. The molecule has 1 aromatic heterocycles. The highest BCUT2D eigenvalue weighted by molar-refractivity contribution is 5.87. The Kier molecular flexibility index (Phi) is 11.5. The van der Waals surface area contributed by atoms with Crippen LogP contribution in [-0.4, -0.2) is 133 Å². The Bertz CT molecular complexity index is 1440. The number of hydrogen-bond donors (Lipinski definition) is 2. The number of nitrogens with zero attached hydrogens (tertiary/aromatic N) is 2. The lowest BCUT2D eigenvalue weighted by Gasteiger charge is -2.50. The molecule has 6 heterocycles. The second-order valence-electron chi connectivity index (χ2n) is 15.8. The maximum absolute atomic E-state index is 13.7. The number of aliphatic hydroxyl groups excluding tert-OH is 1. The largest absolute Gasteiger partial charge is 0.459 e. The predicted octanol–water partition coefficient (Wildman–Crippen LogP) is 3.66. The third-order valence-corrected chi connectivity index (χ3v) is 12.6. The zero-order valence-electron chi connectivity index (χ0n) is 31.1. The summed E-state index contributed by atoms with van der Waals surface area (Å²) >= 11 is 0. The summed E-state index contributed by atoms with van der Waals surface area (Å²) in [7, 11) is 1.50. The molecule has 0 aromatic carbocycles. The molecule has 1 aromatic rings. The molecule has 6 aliphatic rings. The molecule has 0 saturated carbocycles. The Labute approximate surface area is 302 Å². The third kappa shape index (κ3) is 7.85. The van der Waals surface area contributed by atoms with Crippen molar-refractivity contribution in [3.8, 4) is 0 Å². The summed E-state index contributed by atoms with van der Waals surface area (Å²) in [6, 6.07) is 3.39. The van der Waals surface area contributed by atoms with Crippen molar-refractivity contribution in [2.45, 2.75) is 103 Å². The molecular weight excluding hydrogens is 654 g/mol. The smallest absolute Gasteiger partial charge is 0.355 e. The number of fused-ring (bicyclic) bond motifs is 4. The number of aromatic nitrogens is 1. The summed E-state index contributed by atoms with van der Waals surface area (Å²) in [6.07, 6.45) is 5.58. The zero-order chi connectivity index (χ0) is 36.5. The zero-order valence-corrected chi connectivity index (χ0v) is 31.1. The number of methoxy groups -OCH3 is 1. The van der Waals surface area contributed by atoms with E-state index in [0.717, 1.165) is 62.3 Å². The van der Waals surface area contributed by atoms with Gasteiger partial charge in [-0.3, -0.25) is 9.69 Å². The summed E-state index contributed by atoms with van der Waals surface area (Å²) < 4.78 is 32.1. The topological polar surface area (TPSA) is 137 Å². The maximum atomic E-state index is 13.7. The summed E-state index contributed by atoms with van der Waals surface area (Å²) in [6.45, 7) is 17.2. The van der Waals surface area contributed by atoms with Crippen molar-refractivity contribution in [1.82, 2.24) is 9.88 Å². The number of carbonyl (C=O) groups excluding carboxylic acids is 3. The van der Waals surface area contributed by atoms with Crippen LogP contribution in [0, 0.1) is 23.7 Å². The number of cyclic esters (lactones) is 1. The Morgan fingerprint density at radius 3 is 2.49 bits per heavy atom. The summed E-state index contributed by atoms with van der Waals surface area (Å²) in [4.78, 5) is 45.4. The fourth-order valence-electron chi connectivity index (χ4n) is 9.16. The molecule has 51 heavy (non-hydrogen) atoms. The van der Waals surface area contributed by atoms with Crippen LogP contribution < -0.4 is 0 Å². The lowest BCUT2D eigenvalue weighted by Crippen LogP contribution is -2.67. The highest BCUT2D eigenvalue weighted by Gasteiger charge is 2.57. The van der Waals surface area contributed by atoms with Gasteiger partial charge in [0.05, 0.1) is 44.3 Å². The van der Waals surface area contributed by atoms with Gasteiger partial charge in [0.1, 0.15) is 30.1 Å². The van der Waals surface area contributed by atoms with E-state index in [4.69, 9.17) is 23.7 Å². The Hall–Kier alpha value is -3.03. The van der Waals surface area contributed by atoms with Gasteiger partial charge in [-0.05, 0) is 51.3 Å². The van der Waals surface area contributed by atoms with Crippen molar-refractivity contribution in [3.63, 3.8) is 0 Å². The van der Waals surface area contributed by atoms with E-state index >= 15 is 0 Å². The molecule has 0 unspecified atom stereocenters. The van der Waals surface area contributed by atoms with Crippen molar-refractivity contribution >= 4 is 17.9 Å². The van der Waals surface area contributed by atoms with E-state index in [0.29, 0.717) is 25.0 Å². The van der Waals surface area contributed by atoms with Crippen LogP contribution in [0.5, 0.6) is 0 Å². The van der Waals surface area contributed by atoms with Crippen molar-refractivity contribution < 1.29 is 47.7 Å². The fraction of sp³-hybridized carbons (Fsp3) is 0.718. The Morgan fingerprint density at radius 2 is 1.84 bits per heavy atom. The molecule has 7 rings (SSSR count). The highest BCUT2D eigenvalue weighted by Crippen LogP contribution is 2.53. The van der Waals surface area contributed by atoms with Gasteiger partial charge >= 0.3 is 17.9 Å². The van der Waals surface area contributed by atoms with Crippen LogP contribution in [-0.2, 0) is 33.3 Å². The fourth-order valence-corrected chi connectivity index (χ4v) is 9.16. The van der Waals surface area contributed by atoms with Gasteiger partial charge < -0.3 is 38.3 Å². The lowest BCUT2D eigenvalue weighted by atomic mass is 9.69. The van der Waals surface area contributed by atoms with Crippen LogP contribution >= 0.6 is 0 Å². The van der Waals surface area contributed by atoms with Gasteiger partial charge in [-0.2, -0.15) is 0 Å². The van der Waals surface area contributed by atoms with Gasteiger partial charge in [-0.15, -0.1) is 0 Å². The van der Waals surface area contributed by atoms with Crippen molar-refractivity contribution in [1.29, 1.82) is 0 Å². The number of piperazine rings is 3. The molecule has 5 aliphatic heterocycles. The predicted molar refractivity (Wildman–Crippen MR) is 188 cm³/mol. The molecule has 0 amide bonds. The first-order valence-electron chi connectivity index (χ1n) is 18.9. The SMILES string of the molecule is CO[C@H]1C[C@H]2C=C[C@@H]3C[C@]2(O[C@H]3[C@H](OC(=O)c2ccc[nH]2)[C@H](C)[C@H](C)O)/C(C)=C/[C@@H](C)[C@@H]([C@@H](C)OC(=O)CCC[N+]23CCN(CC2)CC3)OC1=O. The molecule has 4 fully saturated rings. The van der Waals surface area contributed by atoms with Crippen LogP contribution in [0.4, 0.5) is 0 Å². The number of nitrogens with one attached hydrogen (secondary N) is 1. The molecule has 12 nitrogen and oxygen atoms in total. The Morgan fingerprint density at radius 1 is 1.12 bits per heavy atom. The minimum Gasteiger partial charge on any atom is -0.459 e. The molecule has 4 saturated heterocycles. The van der Waals surface area contributed by atoms with E-state index in [1.165, 1.54) is 7.11 Å². The van der Waals surface area contributed by atoms with Crippen LogP contribution in [0.25, 0.3) is 0 Å². The number of aliphatic hydroxyl groups is 1. The Balaban J connectivity index is 1.20. The quantitative estimate of drug-likeness (QED) is 0.143. The summed E-state index contributed by atoms with van der Waals surface area (Å²) in [5, 5.41) is 10.7. The number of esters is 3. The number of quaternary nitrogens is 1. The summed E-state index contributed by atoms with van der Waals surface area (Å²) in [5.41, 5.74) is 0.465. The summed E-state index contributed by atoms with van der Waals surface area (Å²) in [5.74, 6) is -2.39. The molecule has 282 valence electrons. The first-order chi connectivity index (χ1) is 24.3. The molecule has 1 spiro atoms. The molecule has 0 radical (unpaired) electrons. The van der Waals surface area contributed by atoms with E-state index in [1.54, 1.807) is 32.2 Å². The number of H-pyrrole nitrogens is 1. The van der Waals surface area contributed by atoms with Gasteiger partial charge in [-0.25, -0.2) is 9.59 Å². The van der Waals surface area contributed by atoms with E-state index < -0.39 is 60.1 Å². The monoisotopic (exact) mass is 712 g/mol. The van der Waals surface area contributed by atoms with Crippen molar-refractivity contribution in [2.75, 3.05) is 52.9 Å². The van der Waals surface area contributed by atoms with E-state index in [1.807, 2.05) is 20.8 Å². The first-order valence-corrected chi connectivity index (χ1v) is 18.9. The van der Waals surface area contributed by atoms with Crippen molar-refractivity contribution in [3.05, 3.63) is 47.8 Å². The normalized spacial score (nSPS) is 38.0. The minimum absolute atomic E-state index is 0.103. The molecule has 11 atom stereocenters. The standard InChI is InChI=1S/C39H57N3O9/c1-24-21-25(2)39-23-29(36(51-39)35(26(3)27(4)43)50-37(45)31-9-7-13-40-31)11-12-30(39)22-32(47-6)38(46)49-34(24)28(5)48-33(44)10-8-17-42-18-14-41(15-19-42)16-20-42/h7,9,11-13,21,24,26-30,32,34-36,43H,8,10,14-20,22-23H2,1-6H3/p+1/b25-21+/t24-,26-,27+,28-,29-,30-,32+,34+,35-,36-,39+/m1/s1. The minimum atomic E-state index is -0.879. The molecule has 4 bridgehead atoms. The second-order valence-corrected chi connectivity index (χ2v) is 15.8. The van der Waals surface area contributed by atoms with Crippen molar-refractivity contribution in [2.24, 2.45) is 23.7 Å². The maximum Gasteiger partial charge on any atom is 0.355 e. The highest BCUT2D eigenvalue weighted by atomic mass is 16.6.